The van der Waals surface area contributed by atoms with Gasteiger partial charge in [0.25, 0.3) is 0 Å². The lowest BCUT2D eigenvalue weighted by molar-refractivity contribution is 0.0655. The van der Waals surface area contributed by atoms with Gasteiger partial charge in [0.1, 0.15) is 11.6 Å². The Balaban J connectivity index is 1.30. The lowest BCUT2D eigenvalue weighted by Gasteiger charge is -2.29. The summed E-state index contributed by atoms with van der Waals surface area (Å²) in [6.07, 6.45) is 8.92. The number of hydrogen-bond donors (Lipinski definition) is 0. The summed E-state index contributed by atoms with van der Waals surface area (Å²) in [5, 5.41) is 0. The molecule has 0 spiro atoms. The van der Waals surface area contributed by atoms with Crippen molar-refractivity contribution in [2.75, 3.05) is 14.2 Å². The fraction of sp³-hybridized carbons (Fsp3) is 0.571. The molecule has 0 bridgehead atoms. The van der Waals surface area contributed by atoms with E-state index in [0.29, 0.717) is 29.2 Å². The van der Waals surface area contributed by atoms with E-state index in [1.54, 1.807) is 19.2 Å². The highest BCUT2D eigenvalue weighted by Gasteiger charge is 2.27. The predicted octanol–water partition coefficient (Wildman–Crippen LogP) is 7.69. The largest absolute Gasteiger partial charge is 0.497 e. The number of aryl methyl sites for hydroxylation is 1. The third-order valence-corrected chi connectivity index (χ3v) is 7.96. The minimum Gasteiger partial charge on any atom is -0.497 e. The standard InChI is InChI=1S/C28H35F3O2/c1-32-22-12-9-20(10-13-22)25-15-11-21(27(30)28(25)31)8-5-18-3-6-19(7-4-18)24-16-14-23(33-2)17-26(24)29/h11,14-20,22H,3-10,12-13H2,1-2H3. The van der Waals surface area contributed by atoms with Crippen molar-refractivity contribution in [1.29, 1.82) is 0 Å². The van der Waals surface area contributed by atoms with Gasteiger partial charge < -0.3 is 9.47 Å². The summed E-state index contributed by atoms with van der Waals surface area (Å²) >= 11 is 0. The van der Waals surface area contributed by atoms with Gasteiger partial charge in [0.05, 0.1) is 13.2 Å². The Morgan fingerprint density at radius 3 is 2.03 bits per heavy atom. The van der Waals surface area contributed by atoms with Crippen LogP contribution < -0.4 is 4.74 Å². The zero-order valence-electron chi connectivity index (χ0n) is 19.7. The molecule has 0 radical (unpaired) electrons. The number of benzene rings is 2. The molecule has 5 heteroatoms. The van der Waals surface area contributed by atoms with Gasteiger partial charge in [-0.05, 0) is 105 Å². The van der Waals surface area contributed by atoms with Crippen molar-refractivity contribution in [3.8, 4) is 5.75 Å². The van der Waals surface area contributed by atoms with Gasteiger partial charge in [-0.1, -0.05) is 18.2 Å². The van der Waals surface area contributed by atoms with E-state index in [0.717, 1.165) is 63.4 Å². The molecule has 0 saturated heterocycles. The molecule has 2 aromatic carbocycles. The molecule has 0 aliphatic heterocycles. The van der Waals surface area contributed by atoms with Gasteiger partial charge in [-0.3, -0.25) is 0 Å². The normalized spacial score (nSPS) is 25.7. The quantitative estimate of drug-likeness (QED) is 0.422. The van der Waals surface area contributed by atoms with Crippen LogP contribution in [-0.2, 0) is 11.2 Å². The van der Waals surface area contributed by atoms with E-state index in [-0.39, 0.29) is 23.8 Å². The summed E-state index contributed by atoms with van der Waals surface area (Å²) in [6.45, 7) is 0. The Bertz CT molecular complexity index is 929. The van der Waals surface area contributed by atoms with Gasteiger partial charge in [0.2, 0.25) is 0 Å². The first-order valence-electron chi connectivity index (χ1n) is 12.3. The highest BCUT2D eigenvalue weighted by molar-refractivity contribution is 5.32. The third-order valence-electron chi connectivity index (χ3n) is 7.96. The fourth-order valence-electron chi connectivity index (χ4n) is 5.81. The van der Waals surface area contributed by atoms with E-state index < -0.39 is 11.6 Å². The first-order valence-corrected chi connectivity index (χ1v) is 12.3. The molecule has 0 N–H and O–H groups in total. The van der Waals surface area contributed by atoms with Gasteiger partial charge in [-0.2, -0.15) is 0 Å². The minimum absolute atomic E-state index is 0.0774. The minimum atomic E-state index is -0.671. The van der Waals surface area contributed by atoms with Crippen LogP contribution in [0.15, 0.2) is 30.3 Å². The van der Waals surface area contributed by atoms with E-state index >= 15 is 0 Å². The molecule has 180 valence electrons. The summed E-state index contributed by atoms with van der Waals surface area (Å²) in [4.78, 5) is 0. The number of methoxy groups -OCH3 is 2. The van der Waals surface area contributed by atoms with E-state index in [2.05, 4.69) is 0 Å². The van der Waals surface area contributed by atoms with Crippen LogP contribution in [-0.4, -0.2) is 20.3 Å². The third kappa shape index (κ3) is 5.56. The molecule has 2 nitrogen and oxygen atoms in total. The van der Waals surface area contributed by atoms with E-state index in [9.17, 15) is 13.2 Å². The SMILES string of the molecule is COc1ccc(C2CCC(CCc3ccc(C4CCC(OC)CC4)c(F)c3F)CC2)c(F)c1. The Morgan fingerprint density at radius 1 is 0.758 bits per heavy atom. The molecule has 4 rings (SSSR count). The molecule has 0 atom stereocenters. The van der Waals surface area contributed by atoms with Gasteiger partial charge in [0.15, 0.2) is 11.6 Å². The van der Waals surface area contributed by atoms with Crippen molar-refractivity contribution >= 4 is 0 Å². The number of halogens is 3. The fourth-order valence-corrected chi connectivity index (χ4v) is 5.81. The van der Waals surface area contributed by atoms with Crippen LogP contribution in [0.2, 0.25) is 0 Å². The zero-order valence-corrected chi connectivity index (χ0v) is 19.7. The second kappa shape index (κ2) is 10.9. The van der Waals surface area contributed by atoms with Gasteiger partial charge in [0, 0.05) is 13.2 Å². The Morgan fingerprint density at radius 2 is 1.39 bits per heavy atom. The average molecular weight is 461 g/mol. The number of ether oxygens (including phenoxy) is 2. The van der Waals surface area contributed by atoms with E-state index in [1.807, 2.05) is 12.1 Å². The lowest BCUT2D eigenvalue weighted by atomic mass is 9.76. The molecule has 0 aromatic heterocycles. The topological polar surface area (TPSA) is 18.5 Å². The van der Waals surface area contributed by atoms with Crippen LogP contribution in [0.3, 0.4) is 0 Å². The lowest BCUT2D eigenvalue weighted by Crippen LogP contribution is -2.20. The number of hydrogen-bond acceptors (Lipinski definition) is 2. The molecular weight excluding hydrogens is 425 g/mol. The molecule has 33 heavy (non-hydrogen) atoms. The molecule has 0 heterocycles. The van der Waals surface area contributed by atoms with Crippen molar-refractivity contribution in [2.45, 2.75) is 82.1 Å². The molecule has 0 amide bonds. The number of rotatable bonds is 7. The monoisotopic (exact) mass is 460 g/mol. The van der Waals surface area contributed by atoms with E-state index in [4.69, 9.17) is 9.47 Å². The van der Waals surface area contributed by atoms with Crippen LogP contribution in [0.25, 0.3) is 0 Å². The smallest absolute Gasteiger partial charge is 0.162 e. The molecule has 2 saturated carbocycles. The van der Waals surface area contributed by atoms with E-state index in [1.165, 1.54) is 13.2 Å². The maximum atomic E-state index is 14.9. The Hall–Kier alpha value is -2.01. The first-order chi connectivity index (χ1) is 16.0. The molecule has 2 aliphatic carbocycles. The van der Waals surface area contributed by atoms with Crippen LogP contribution >= 0.6 is 0 Å². The molecule has 2 aromatic rings. The second-order valence-corrected chi connectivity index (χ2v) is 9.79. The van der Waals surface area contributed by atoms with Crippen molar-refractivity contribution < 1.29 is 22.6 Å². The van der Waals surface area contributed by atoms with Crippen LogP contribution in [0.4, 0.5) is 13.2 Å². The van der Waals surface area contributed by atoms with Crippen molar-refractivity contribution in [3.63, 3.8) is 0 Å². The van der Waals surface area contributed by atoms with Gasteiger partial charge in [-0.25, -0.2) is 13.2 Å². The predicted molar refractivity (Wildman–Crippen MR) is 124 cm³/mol. The molecular formula is C28H35F3O2. The summed E-state index contributed by atoms with van der Waals surface area (Å²) in [7, 11) is 3.25. The highest BCUT2D eigenvalue weighted by atomic mass is 19.2. The molecule has 2 aliphatic rings. The first kappa shape index (κ1) is 24.1. The van der Waals surface area contributed by atoms with Crippen molar-refractivity contribution in [3.05, 3.63) is 64.5 Å². The molecule has 0 unspecified atom stereocenters. The van der Waals surface area contributed by atoms with Crippen LogP contribution in [0.1, 0.15) is 86.3 Å². The van der Waals surface area contributed by atoms with Gasteiger partial charge in [-0.15, -0.1) is 0 Å². The Labute approximate surface area is 195 Å². The maximum Gasteiger partial charge on any atom is 0.162 e. The van der Waals surface area contributed by atoms with Crippen molar-refractivity contribution in [2.24, 2.45) is 5.92 Å². The summed E-state index contributed by atoms with van der Waals surface area (Å²) in [5.74, 6) is -0.238. The maximum absolute atomic E-state index is 14.9. The van der Waals surface area contributed by atoms with Crippen molar-refractivity contribution in [1.82, 2.24) is 0 Å². The average Bonchev–Trinajstić information content (AvgIpc) is 2.85. The summed E-state index contributed by atoms with van der Waals surface area (Å²) in [5.41, 5.74) is 1.76. The second-order valence-electron chi connectivity index (χ2n) is 9.79. The van der Waals surface area contributed by atoms with Gasteiger partial charge >= 0.3 is 0 Å². The summed E-state index contributed by atoms with van der Waals surface area (Å²) in [6, 6.07) is 8.68. The van der Waals surface area contributed by atoms with Crippen LogP contribution in [0.5, 0.6) is 5.75 Å². The van der Waals surface area contributed by atoms with Crippen LogP contribution in [0, 0.1) is 23.4 Å². The summed E-state index contributed by atoms with van der Waals surface area (Å²) < 4.78 is 54.6. The molecule has 2 fully saturated rings. The Kier molecular flexibility index (Phi) is 8.00. The zero-order chi connectivity index (χ0) is 23.4. The highest BCUT2D eigenvalue weighted by Crippen LogP contribution is 2.40.